The van der Waals surface area contributed by atoms with Crippen LogP contribution in [-0.2, 0) is 13.0 Å². The van der Waals surface area contributed by atoms with Crippen LogP contribution in [0.2, 0.25) is 0 Å². The van der Waals surface area contributed by atoms with Crippen molar-refractivity contribution in [2.75, 3.05) is 19.6 Å². The van der Waals surface area contributed by atoms with E-state index in [9.17, 15) is 9.59 Å². The number of rotatable bonds is 6. The Bertz CT molecular complexity index is 1220. The topological polar surface area (TPSA) is 103 Å². The summed E-state index contributed by atoms with van der Waals surface area (Å²) in [6.45, 7) is 5.41. The van der Waals surface area contributed by atoms with E-state index in [0.29, 0.717) is 18.2 Å². The molecule has 1 saturated heterocycles. The molecule has 1 atom stereocenters. The molecule has 34 heavy (non-hydrogen) atoms. The van der Waals surface area contributed by atoms with Crippen LogP contribution in [0, 0.1) is 0 Å². The minimum absolute atomic E-state index is 0.0432. The number of carbonyl (C=O) groups is 1. The molecule has 1 aliphatic carbocycles. The summed E-state index contributed by atoms with van der Waals surface area (Å²) in [4.78, 5) is 39.2. The minimum atomic E-state index is -0.0851. The largest absolute Gasteiger partial charge is 0.348 e. The second-order valence-corrected chi connectivity index (χ2v) is 9.36. The zero-order chi connectivity index (χ0) is 23.5. The quantitative estimate of drug-likeness (QED) is 0.523. The van der Waals surface area contributed by atoms with Crippen molar-refractivity contribution in [3.63, 3.8) is 0 Å². The van der Waals surface area contributed by atoms with Gasteiger partial charge in [-0.1, -0.05) is 13.0 Å². The van der Waals surface area contributed by atoms with Gasteiger partial charge in [-0.3, -0.25) is 24.5 Å². The fraction of sp³-hybridized carbons (Fsp3) is 0.462. The molecule has 178 valence electrons. The molecule has 0 radical (unpaired) electrons. The number of H-pyrrole nitrogens is 1. The lowest BCUT2D eigenvalue weighted by molar-refractivity contribution is 0.0911. The molecule has 3 aromatic rings. The van der Waals surface area contributed by atoms with E-state index in [1.54, 1.807) is 0 Å². The first-order chi connectivity index (χ1) is 16.6. The van der Waals surface area contributed by atoms with Gasteiger partial charge in [0.25, 0.3) is 11.5 Å². The normalized spacial score (nSPS) is 19.5. The van der Waals surface area contributed by atoms with Crippen molar-refractivity contribution in [1.82, 2.24) is 30.5 Å². The average Bonchev–Trinajstić information content (AvgIpc) is 3.06. The van der Waals surface area contributed by atoms with Crippen LogP contribution in [0.25, 0.3) is 11.0 Å². The van der Waals surface area contributed by atoms with Gasteiger partial charge in [-0.2, -0.15) is 0 Å². The van der Waals surface area contributed by atoms with Crippen LogP contribution in [0.4, 0.5) is 0 Å². The molecule has 0 bridgehead atoms. The van der Waals surface area contributed by atoms with Crippen LogP contribution in [0.3, 0.4) is 0 Å². The predicted molar refractivity (Wildman–Crippen MR) is 132 cm³/mol. The third kappa shape index (κ3) is 4.88. The second kappa shape index (κ2) is 10.0. The average molecular weight is 461 g/mol. The molecular formula is C26H32N6O2. The highest BCUT2D eigenvalue weighted by atomic mass is 16.2. The van der Waals surface area contributed by atoms with E-state index in [0.717, 1.165) is 73.2 Å². The number of aromatic amines is 1. The third-order valence-corrected chi connectivity index (χ3v) is 7.05. The van der Waals surface area contributed by atoms with Gasteiger partial charge in [0.1, 0.15) is 5.69 Å². The smallest absolute Gasteiger partial charge is 0.270 e. The fourth-order valence-corrected chi connectivity index (χ4v) is 4.79. The molecule has 3 aromatic heterocycles. The molecular weight excluding hydrogens is 428 g/mol. The zero-order valence-electron chi connectivity index (χ0n) is 19.6. The highest BCUT2D eigenvalue weighted by Crippen LogP contribution is 2.27. The Kier molecular flexibility index (Phi) is 6.69. The molecule has 8 nitrogen and oxygen atoms in total. The molecule has 1 aliphatic heterocycles. The van der Waals surface area contributed by atoms with Gasteiger partial charge in [-0.25, -0.2) is 0 Å². The summed E-state index contributed by atoms with van der Waals surface area (Å²) < 4.78 is 0. The summed E-state index contributed by atoms with van der Waals surface area (Å²) in [6.07, 6.45) is 8.70. The van der Waals surface area contributed by atoms with Crippen LogP contribution in [0.15, 0.2) is 41.5 Å². The number of nitrogens with one attached hydrogen (secondary N) is 3. The van der Waals surface area contributed by atoms with E-state index in [2.05, 4.69) is 30.5 Å². The number of hydrogen-bond acceptors (Lipinski definition) is 6. The van der Waals surface area contributed by atoms with E-state index < -0.39 is 0 Å². The maximum absolute atomic E-state index is 12.4. The summed E-state index contributed by atoms with van der Waals surface area (Å²) in [6, 6.07) is 8.27. The van der Waals surface area contributed by atoms with E-state index in [1.165, 1.54) is 6.42 Å². The second-order valence-electron chi connectivity index (χ2n) is 9.36. The van der Waals surface area contributed by atoms with Crippen molar-refractivity contribution in [3.8, 4) is 0 Å². The van der Waals surface area contributed by atoms with Gasteiger partial charge < -0.3 is 15.6 Å². The van der Waals surface area contributed by atoms with Crippen LogP contribution in [0.1, 0.15) is 65.8 Å². The molecule has 0 spiro atoms. The number of nitrogens with zero attached hydrogens (tertiary/aromatic N) is 3. The first-order valence-corrected chi connectivity index (χ1v) is 12.3. The molecule has 1 amide bonds. The SMILES string of the molecule is CCc1cc2ncc(CN3CCNCCC3c3ccc(C(=O)NC4CCC4)nc3)cc2[nH]c1=O. The lowest BCUT2D eigenvalue weighted by Gasteiger charge is -2.30. The Morgan fingerprint density at radius 1 is 1.15 bits per heavy atom. The summed E-state index contributed by atoms with van der Waals surface area (Å²) >= 11 is 0. The maximum atomic E-state index is 12.4. The van der Waals surface area contributed by atoms with Gasteiger partial charge in [0, 0.05) is 49.7 Å². The summed E-state index contributed by atoms with van der Waals surface area (Å²) in [5, 5.41) is 6.54. The van der Waals surface area contributed by atoms with Crippen molar-refractivity contribution >= 4 is 16.9 Å². The highest BCUT2D eigenvalue weighted by Gasteiger charge is 2.25. The summed E-state index contributed by atoms with van der Waals surface area (Å²) in [7, 11) is 0. The molecule has 8 heteroatoms. The van der Waals surface area contributed by atoms with Crippen molar-refractivity contribution in [2.45, 2.75) is 57.7 Å². The molecule has 4 heterocycles. The summed E-state index contributed by atoms with van der Waals surface area (Å²) in [5.74, 6) is -0.0851. The number of aryl methyl sites for hydroxylation is 1. The number of carbonyl (C=O) groups excluding carboxylic acids is 1. The fourth-order valence-electron chi connectivity index (χ4n) is 4.79. The first kappa shape index (κ1) is 22.7. The molecule has 2 aliphatic rings. The number of aromatic nitrogens is 3. The van der Waals surface area contributed by atoms with E-state index in [-0.39, 0.29) is 17.5 Å². The highest BCUT2D eigenvalue weighted by molar-refractivity contribution is 5.92. The molecule has 0 aromatic carbocycles. The van der Waals surface area contributed by atoms with Crippen LogP contribution < -0.4 is 16.2 Å². The maximum Gasteiger partial charge on any atom is 0.270 e. The predicted octanol–water partition coefficient (Wildman–Crippen LogP) is 2.70. The van der Waals surface area contributed by atoms with E-state index >= 15 is 0 Å². The van der Waals surface area contributed by atoms with Gasteiger partial charge in [-0.05, 0) is 68.0 Å². The zero-order valence-corrected chi connectivity index (χ0v) is 19.6. The minimum Gasteiger partial charge on any atom is -0.348 e. The van der Waals surface area contributed by atoms with Gasteiger partial charge in [-0.15, -0.1) is 0 Å². The van der Waals surface area contributed by atoms with Crippen LogP contribution in [0.5, 0.6) is 0 Å². The lowest BCUT2D eigenvalue weighted by Crippen LogP contribution is -2.39. The van der Waals surface area contributed by atoms with Crippen molar-refractivity contribution in [3.05, 3.63) is 69.4 Å². The van der Waals surface area contributed by atoms with Gasteiger partial charge in [0.15, 0.2) is 0 Å². The van der Waals surface area contributed by atoms with Crippen molar-refractivity contribution in [1.29, 1.82) is 0 Å². The number of fused-ring (bicyclic) bond motifs is 1. The van der Waals surface area contributed by atoms with Crippen molar-refractivity contribution < 1.29 is 4.79 Å². The Morgan fingerprint density at radius 2 is 2.03 bits per heavy atom. The number of pyridine rings is 3. The van der Waals surface area contributed by atoms with Crippen LogP contribution in [-0.4, -0.2) is 51.4 Å². The molecule has 2 fully saturated rings. The van der Waals surface area contributed by atoms with Crippen molar-refractivity contribution in [2.24, 2.45) is 0 Å². The molecule has 1 saturated carbocycles. The molecule has 5 rings (SSSR count). The van der Waals surface area contributed by atoms with Gasteiger partial charge in [0.2, 0.25) is 0 Å². The van der Waals surface area contributed by atoms with E-state index in [1.807, 2.05) is 43.6 Å². The lowest BCUT2D eigenvalue weighted by atomic mass is 9.93. The number of hydrogen-bond donors (Lipinski definition) is 3. The van der Waals surface area contributed by atoms with Crippen LogP contribution >= 0.6 is 0 Å². The Hall–Kier alpha value is -3.10. The Labute approximate surface area is 199 Å². The van der Waals surface area contributed by atoms with Gasteiger partial charge >= 0.3 is 0 Å². The Morgan fingerprint density at radius 3 is 2.76 bits per heavy atom. The first-order valence-electron chi connectivity index (χ1n) is 12.3. The van der Waals surface area contributed by atoms with E-state index in [4.69, 9.17) is 0 Å². The molecule has 1 unspecified atom stereocenters. The van der Waals surface area contributed by atoms with Gasteiger partial charge in [0.05, 0.1) is 11.0 Å². The summed E-state index contributed by atoms with van der Waals surface area (Å²) in [5.41, 5.74) is 4.94. The monoisotopic (exact) mass is 460 g/mol. The number of amides is 1. The Balaban J connectivity index is 1.34. The molecule has 3 N–H and O–H groups in total. The standard InChI is InChI=1S/C26H32N6O2/c1-2-18-13-22-23(31-25(18)33)12-17(14-28-22)16-32-11-10-27-9-8-24(32)19-6-7-21(29-15-19)26(34)30-20-4-3-5-20/h6-7,12-15,20,24,27H,2-5,8-11,16H2,1H3,(H,30,34)(H,31,33). The third-order valence-electron chi connectivity index (χ3n) is 7.05.